The number of phenols is 1. The molecule has 4 nitrogen and oxygen atoms in total. The summed E-state index contributed by atoms with van der Waals surface area (Å²) in [6, 6.07) is 26.2. The standard InChI is InChI=1S/C28H25N3O/c1-18(2)19-15-20(17-21(16-19)24-11-6-7-14-29-24)22-10-8-12-25-27(22)30-28(31(25)3)23-9-4-5-13-26(23)32/h4-18,32H,1-3H3. The van der Waals surface area contributed by atoms with Crippen LogP contribution in [0.3, 0.4) is 0 Å². The molecule has 158 valence electrons. The summed E-state index contributed by atoms with van der Waals surface area (Å²) in [5, 5.41) is 10.4. The average Bonchev–Trinajstić information content (AvgIpc) is 3.16. The number of fused-ring (bicyclic) bond motifs is 1. The SMILES string of the molecule is CC(C)c1cc(-c2ccccn2)cc(-c2cccc3c2nc(-c2ccccc2O)n3C)c1. The molecule has 3 aromatic carbocycles. The number of aromatic nitrogens is 3. The molecule has 0 spiro atoms. The number of rotatable bonds is 4. The van der Waals surface area contributed by atoms with Gasteiger partial charge >= 0.3 is 0 Å². The first kappa shape index (κ1) is 20.0. The summed E-state index contributed by atoms with van der Waals surface area (Å²) in [5.41, 5.74) is 8.17. The number of nitrogens with zero attached hydrogens (tertiary/aromatic N) is 3. The molecule has 0 aliphatic rings. The minimum atomic E-state index is 0.228. The number of aromatic hydroxyl groups is 1. The Morgan fingerprint density at radius 1 is 0.812 bits per heavy atom. The predicted octanol–water partition coefficient (Wildman–Crippen LogP) is 6.80. The van der Waals surface area contributed by atoms with Crippen LogP contribution in [0, 0.1) is 0 Å². The van der Waals surface area contributed by atoms with E-state index in [0.717, 1.165) is 44.8 Å². The Morgan fingerprint density at radius 2 is 1.56 bits per heavy atom. The first-order valence-electron chi connectivity index (χ1n) is 10.8. The normalized spacial score (nSPS) is 11.4. The molecule has 5 aromatic rings. The van der Waals surface area contributed by atoms with Crippen molar-refractivity contribution in [2.75, 3.05) is 0 Å². The molecule has 5 rings (SSSR count). The molecule has 0 amide bonds. The van der Waals surface area contributed by atoms with Gasteiger partial charge in [0, 0.05) is 24.4 Å². The van der Waals surface area contributed by atoms with E-state index in [1.165, 1.54) is 5.56 Å². The Hall–Kier alpha value is -3.92. The lowest BCUT2D eigenvalue weighted by Gasteiger charge is -2.13. The lowest BCUT2D eigenvalue weighted by atomic mass is 9.93. The lowest BCUT2D eigenvalue weighted by molar-refractivity contribution is 0.476. The van der Waals surface area contributed by atoms with Crippen LogP contribution in [-0.4, -0.2) is 19.6 Å². The van der Waals surface area contributed by atoms with Crippen molar-refractivity contribution < 1.29 is 5.11 Å². The molecule has 0 saturated heterocycles. The quantitative estimate of drug-likeness (QED) is 0.349. The third kappa shape index (κ3) is 3.44. The minimum absolute atomic E-state index is 0.228. The van der Waals surface area contributed by atoms with Gasteiger partial charge in [-0.25, -0.2) is 4.98 Å². The van der Waals surface area contributed by atoms with Crippen LogP contribution >= 0.6 is 0 Å². The summed E-state index contributed by atoms with van der Waals surface area (Å²) in [7, 11) is 1.99. The van der Waals surface area contributed by atoms with Crippen LogP contribution in [0.15, 0.2) is 85.1 Å². The van der Waals surface area contributed by atoms with Crippen LogP contribution in [0.2, 0.25) is 0 Å². The van der Waals surface area contributed by atoms with Crippen molar-refractivity contribution in [2.24, 2.45) is 7.05 Å². The van der Waals surface area contributed by atoms with Gasteiger partial charge < -0.3 is 9.67 Å². The van der Waals surface area contributed by atoms with Crippen molar-refractivity contribution in [3.05, 3.63) is 90.6 Å². The fourth-order valence-corrected chi connectivity index (χ4v) is 4.17. The van der Waals surface area contributed by atoms with E-state index in [1.807, 2.05) is 54.2 Å². The second kappa shape index (κ2) is 7.97. The zero-order chi connectivity index (χ0) is 22.2. The number of benzene rings is 3. The smallest absolute Gasteiger partial charge is 0.144 e. The molecular weight excluding hydrogens is 394 g/mol. The van der Waals surface area contributed by atoms with E-state index in [2.05, 4.69) is 55.2 Å². The molecule has 0 unspecified atom stereocenters. The van der Waals surface area contributed by atoms with Gasteiger partial charge in [0.2, 0.25) is 0 Å². The summed E-state index contributed by atoms with van der Waals surface area (Å²) in [6.45, 7) is 4.41. The highest BCUT2D eigenvalue weighted by Crippen LogP contribution is 2.36. The maximum Gasteiger partial charge on any atom is 0.144 e. The van der Waals surface area contributed by atoms with Crippen LogP contribution in [0.25, 0.3) is 44.8 Å². The summed E-state index contributed by atoms with van der Waals surface area (Å²) in [4.78, 5) is 9.55. The van der Waals surface area contributed by atoms with E-state index < -0.39 is 0 Å². The molecule has 0 atom stereocenters. The Morgan fingerprint density at radius 3 is 2.31 bits per heavy atom. The number of aryl methyl sites for hydroxylation is 1. The van der Waals surface area contributed by atoms with Crippen molar-refractivity contribution in [1.82, 2.24) is 14.5 Å². The summed E-state index contributed by atoms with van der Waals surface area (Å²) < 4.78 is 2.04. The van der Waals surface area contributed by atoms with Crippen molar-refractivity contribution in [1.29, 1.82) is 0 Å². The second-order valence-corrected chi connectivity index (χ2v) is 8.40. The first-order valence-corrected chi connectivity index (χ1v) is 10.8. The largest absolute Gasteiger partial charge is 0.507 e. The topological polar surface area (TPSA) is 50.9 Å². The van der Waals surface area contributed by atoms with E-state index in [4.69, 9.17) is 4.98 Å². The molecule has 0 aliphatic carbocycles. The van der Waals surface area contributed by atoms with E-state index >= 15 is 0 Å². The molecule has 0 saturated carbocycles. The Kier molecular flexibility index (Phi) is 4.98. The second-order valence-electron chi connectivity index (χ2n) is 8.40. The number of hydrogen-bond acceptors (Lipinski definition) is 3. The zero-order valence-corrected chi connectivity index (χ0v) is 18.4. The zero-order valence-electron chi connectivity index (χ0n) is 18.4. The van der Waals surface area contributed by atoms with Crippen molar-refractivity contribution in [3.63, 3.8) is 0 Å². The molecule has 0 radical (unpaired) electrons. The number of para-hydroxylation sites is 2. The number of imidazole rings is 1. The monoisotopic (exact) mass is 419 g/mol. The van der Waals surface area contributed by atoms with Crippen LogP contribution in [0.1, 0.15) is 25.3 Å². The number of pyridine rings is 1. The third-order valence-corrected chi connectivity index (χ3v) is 5.95. The van der Waals surface area contributed by atoms with Crippen molar-refractivity contribution >= 4 is 11.0 Å². The summed E-state index contributed by atoms with van der Waals surface area (Å²) in [5.74, 6) is 1.36. The Labute approximate surface area is 187 Å². The molecule has 2 aromatic heterocycles. The number of hydrogen-bond donors (Lipinski definition) is 1. The van der Waals surface area contributed by atoms with Crippen LogP contribution in [-0.2, 0) is 7.05 Å². The molecule has 0 aliphatic heterocycles. The van der Waals surface area contributed by atoms with Gasteiger partial charge in [0.15, 0.2) is 0 Å². The van der Waals surface area contributed by atoms with Gasteiger partial charge in [-0.05, 0) is 59.5 Å². The molecular formula is C28H25N3O. The van der Waals surface area contributed by atoms with Crippen LogP contribution in [0.4, 0.5) is 0 Å². The average molecular weight is 420 g/mol. The van der Waals surface area contributed by atoms with Gasteiger partial charge in [0.05, 0.1) is 22.3 Å². The molecule has 0 bridgehead atoms. The fraction of sp³-hybridized carbons (Fsp3) is 0.143. The Balaban J connectivity index is 1.74. The predicted molar refractivity (Wildman–Crippen MR) is 131 cm³/mol. The maximum atomic E-state index is 10.4. The highest BCUT2D eigenvalue weighted by atomic mass is 16.3. The number of phenolic OH excluding ortho intramolecular Hbond substituents is 1. The highest BCUT2D eigenvalue weighted by Gasteiger charge is 2.17. The van der Waals surface area contributed by atoms with E-state index in [0.29, 0.717) is 5.92 Å². The molecule has 0 fully saturated rings. The van der Waals surface area contributed by atoms with Crippen LogP contribution in [0.5, 0.6) is 5.75 Å². The maximum absolute atomic E-state index is 10.4. The van der Waals surface area contributed by atoms with Gasteiger partial charge in [-0.1, -0.05) is 50.2 Å². The molecule has 4 heteroatoms. The fourth-order valence-electron chi connectivity index (χ4n) is 4.17. The van der Waals surface area contributed by atoms with E-state index in [9.17, 15) is 5.11 Å². The third-order valence-electron chi connectivity index (χ3n) is 5.95. The van der Waals surface area contributed by atoms with Gasteiger partial charge in [-0.3, -0.25) is 4.98 Å². The van der Waals surface area contributed by atoms with Gasteiger partial charge in [-0.2, -0.15) is 0 Å². The van der Waals surface area contributed by atoms with Crippen LogP contribution < -0.4 is 0 Å². The Bertz CT molecular complexity index is 1420. The van der Waals surface area contributed by atoms with E-state index in [-0.39, 0.29) is 5.75 Å². The highest BCUT2D eigenvalue weighted by molar-refractivity contribution is 5.95. The minimum Gasteiger partial charge on any atom is -0.507 e. The van der Waals surface area contributed by atoms with Gasteiger partial charge in [0.25, 0.3) is 0 Å². The molecule has 2 heterocycles. The summed E-state index contributed by atoms with van der Waals surface area (Å²) >= 11 is 0. The van der Waals surface area contributed by atoms with Gasteiger partial charge in [0.1, 0.15) is 11.6 Å². The first-order chi connectivity index (χ1) is 15.5. The van der Waals surface area contributed by atoms with Gasteiger partial charge in [-0.15, -0.1) is 0 Å². The molecule has 32 heavy (non-hydrogen) atoms. The summed E-state index contributed by atoms with van der Waals surface area (Å²) in [6.07, 6.45) is 1.83. The van der Waals surface area contributed by atoms with Crippen molar-refractivity contribution in [3.8, 4) is 39.5 Å². The molecule has 1 N–H and O–H groups in total. The van der Waals surface area contributed by atoms with E-state index in [1.54, 1.807) is 6.07 Å². The van der Waals surface area contributed by atoms with Crippen molar-refractivity contribution in [2.45, 2.75) is 19.8 Å². The lowest BCUT2D eigenvalue weighted by Crippen LogP contribution is -1.93.